The first kappa shape index (κ1) is 15.9. The van der Waals surface area contributed by atoms with Crippen LogP contribution in [0.25, 0.3) is 0 Å². The monoisotopic (exact) mass is 256 g/mol. The topological polar surface area (TPSA) is 35.5 Å². The fourth-order valence-electron chi connectivity index (χ4n) is 2.53. The molecule has 0 radical (unpaired) electrons. The van der Waals surface area contributed by atoms with Gasteiger partial charge in [0.05, 0.1) is 5.60 Å². The molecule has 108 valence electrons. The van der Waals surface area contributed by atoms with Gasteiger partial charge in [-0.25, -0.2) is 0 Å². The van der Waals surface area contributed by atoms with Crippen molar-refractivity contribution in [3.8, 4) is 0 Å². The van der Waals surface area contributed by atoms with Gasteiger partial charge in [0, 0.05) is 13.1 Å². The number of hydrogen-bond donors (Lipinski definition) is 2. The Hall–Kier alpha value is -0.120. The minimum Gasteiger partial charge on any atom is -0.390 e. The van der Waals surface area contributed by atoms with Crippen LogP contribution in [0.15, 0.2) is 0 Å². The molecule has 3 nitrogen and oxygen atoms in total. The summed E-state index contributed by atoms with van der Waals surface area (Å²) in [6.07, 6.45) is 3.53. The number of hydrogen-bond acceptors (Lipinski definition) is 3. The minimum atomic E-state index is -0.525. The summed E-state index contributed by atoms with van der Waals surface area (Å²) in [5, 5.41) is 13.3. The Bertz CT molecular complexity index is 223. The molecule has 1 aliphatic heterocycles. The molecule has 0 aromatic rings. The summed E-state index contributed by atoms with van der Waals surface area (Å²) in [6, 6.07) is 0. The van der Waals surface area contributed by atoms with Crippen molar-refractivity contribution in [2.45, 2.75) is 52.6 Å². The lowest BCUT2D eigenvalue weighted by Crippen LogP contribution is -2.42. The molecule has 2 N–H and O–H groups in total. The third kappa shape index (κ3) is 7.34. The zero-order chi connectivity index (χ0) is 13.6. The maximum absolute atomic E-state index is 9.78. The molecule has 1 fully saturated rings. The Morgan fingerprint density at radius 3 is 2.72 bits per heavy atom. The third-order valence-corrected chi connectivity index (χ3v) is 3.63. The van der Waals surface area contributed by atoms with Gasteiger partial charge in [-0.3, -0.25) is 0 Å². The Morgan fingerprint density at radius 2 is 2.11 bits per heavy atom. The Morgan fingerprint density at radius 1 is 1.39 bits per heavy atom. The highest BCUT2D eigenvalue weighted by molar-refractivity contribution is 4.77. The van der Waals surface area contributed by atoms with Crippen molar-refractivity contribution in [2.24, 2.45) is 11.8 Å². The largest absolute Gasteiger partial charge is 0.390 e. The van der Waals surface area contributed by atoms with Crippen LogP contribution in [0.3, 0.4) is 0 Å². The molecule has 0 amide bonds. The lowest BCUT2D eigenvalue weighted by molar-refractivity contribution is 0.0504. The van der Waals surface area contributed by atoms with Crippen LogP contribution in [0.1, 0.15) is 47.0 Å². The van der Waals surface area contributed by atoms with E-state index in [2.05, 4.69) is 24.1 Å². The van der Waals surface area contributed by atoms with Crippen molar-refractivity contribution < 1.29 is 5.11 Å². The van der Waals surface area contributed by atoms with Crippen molar-refractivity contribution >= 4 is 0 Å². The van der Waals surface area contributed by atoms with E-state index in [1.807, 2.05) is 13.8 Å². The molecule has 1 atom stereocenters. The lowest BCUT2D eigenvalue weighted by atomic mass is 9.96. The van der Waals surface area contributed by atoms with Crippen molar-refractivity contribution in [3.63, 3.8) is 0 Å². The van der Waals surface area contributed by atoms with Crippen molar-refractivity contribution in [1.82, 2.24) is 10.2 Å². The van der Waals surface area contributed by atoms with Gasteiger partial charge in [-0.05, 0) is 64.6 Å². The summed E-state index contributed by atoms with van der Waals surface area (Å²) in [7, 11) is 0. The van der Waals surface area contributed by atoms with Crippen LogP contribution in [-0.2, 0) is 0 Å². The van der Waals surface area contributed by atoms with E-state index in [0.717, 1.165) is 37.9 Å². The van der Waals surface area contributed by atoms with Crippen molar-refractivity contribution in [1.29, 1.82) is 0 Å². The first-order chi connectivity index (χ1) is 8.37. The second-order valence-corrected chi connectivity index (χ2v) is 6.92. The number of likely N-dealkylation sites (tertiary alicyclic amines) is 1. The van der Waals surface area contributed by atoms with Crippen LogP contribution in [0.2, 0.25) is 0 Å². The fourth-order valence-corrected chi connectivity index (χ4v) is 2.53. The van der Waals surface area contributed by atoms with Gasteiger partial charge in [-0.1, -0.05) is 13.8 Å². The highest BCUT2D eigenvalue weighted by Gasteiger charge is 2.21. The highest BCUT2D eigenvalue weighted by atomic mass is 16.3. The second-order valence-electron chi connectivity index (χ2n) is 6.92. The van der Waals surface area contributed by atoms with Crippen LogP contribution in [0, 0.1) is 11.8 Å². The van der Waals surface area contributed by atoms with E-state index < -0.39 is 5.60 Å². The number of nitrogens with one attached hydrogen (secondary N) is 1. The molecule has 0 aromatic heterocycles. The molecule has 0 bridgehead atoms. The molecule has 1 aliphatic rings. The average molecular weight is 256 g/mol. The van der Waals surface area contributed by atoms with Crippen LogP contribution < -0.4 is 5.32 Å². The summed E-state index contributed by atoms with van der Waals surface area (Å²) in [5.41, 5.74) is -0.525. The maximum Gasteiger partial charge on any atom is 0.0603 e. The lowest BCUT2D eigenvalue weighted by Gasteiger charge is -2.34. The fraction of sp³-hybridized carbons (Fsp3) is 1.00. The molecule has 1 saturated heterocycles. The van der Waals surface area contributed by atoms with Gasteiger partial charge >= 0.3 is 0 Å². The minimum absolute atomic E-state index is 0.525. The predicted molar refractivity (Wildman–Crippen MR) is 77.8 cm³/mol. The van der Waals surface area contributed by atoms with E-state index in [0.29, 0.717) is 0 Å². The van der Waals surface area contributed by atoms with E-state index in [9.17, 15) is 5.11 Å². The van der Waals surface area contributed by atoms with Crippen molar-refractivity contribution in [3.05, 3.63) is 0 Å². The quantitative estimate of drug-likeness (QED) is 0.732. The molecular formula is C15H32N2O. The Labute approximate surface area is 113 Å². The molecular weight excluding hydrogens is 224 g/mol. The number of rotatable bonds is 7. The standard InChI is InChI=1S/C15H32N2O/c1-13(2)10-16-11-14-6-5-8-17(12-14)9-7-15(3,4)18/h13-14,16,18H,5-12H2,1-4H3. The molecule has 3 heteroatoms. The van der Waals surface area contributed by atoms with E-state index in [4.69, 9.17) is 0 Å². The van der Waals surface area contributed by atoms with Gasteiger partial charge < -0.3 is 15.3 Å². The molecule has 0 saturated carbocycles. The number of piperidine rings is 1. The average Bonchev–Trinajstić information content (AvgIpc) is 2.26. The Balaban J connectivity index is 2.19. The normalized spacial score (nSPS) is 22.7. The molecule has 0 aromatic carbocycles. The van der Waals surface area contributed by atoms with Gasteiger partial charge in [0.15, 0.2) is 0 Å². The molecule has 1 rings (SSSR count). The number of aliphatic hydroxyl groups is 1. The summed E-state index contributed by atoms with van der Waals surface area (Å²) >= 11 is 0. The highest BCUT2D eigenvalue weighted by Crippen LogP contribution is 2.17. The second kappa shape index (κ2) is 7.46. The predicted octanol–water partition coefficient (Wildman–Crippen LogP) is 2.11. The van der Waals surface area contributed by atoms with E-state index >= 15 is 0 Å². The van der Waals surface area contributed by atoms with Crippen molar-refractivity contribution in [2.75, 3.05) is 32.7 Å². The first-order valence-electron chi connectivity index (χ1n) is 7.52. The van der Waals surface area contributed by atoms with Gasteiger partial charge in [-0.2, -0.15) is 0 Å². The van der Waals surface area contributed by atoms with Crippen LogP contribution in [0.5, 0.6) is 0 Å². The molecule has 1 unspecified atom stereocenters. The van der Waals surface area contributed by atoms with E-state index in [1.165, 1.54) is 25.9 Å². The van der Waals surface area contributed by atoms with Crippen LogP contribution >= 0.6 is 0 Å². The molecule has 0 aliphatic carbocycles. The molecule has 18 heavy (non-hydrogen) atoms. The summed E-state index contributed by atoms with van der Waals surface area (Å²) in [4.78, 5) is 2.52. The number of nitrogens with zero attached hydrogens (tertiary/aromatic N) is 1. The smallest absolute Gasteiger partial charge is 0.0603 e. The zero-order valence-electron chi connectivity index (χ0n) is 12.7. The van der Waals surface area contributed by atoms with E-state index in [1.54, 1.807) is 0 Å². The van der Waals surface area contributed by atoms with Crippen LogP contribution in [0.4, 0.5) is 0 Å². The van der Waals surface area contributed by atoms with Gasteiger partial charge in [0.1, 0.15) is 0 Å². The summed E-state index contributed by atoms with van der Waals surface area (Å²) < 4.78 is 0. The van der Waals surface area contributed by atoms with E-state index in [-0.39, 0.29) is 0 Å². The SMILES string of the molecule is CC(C)CNCC1CCCN(CCC(C)(C)O)C1. The molecule has 1 heterocycles. The summed E-state index contributed by atoms with van der Waals surface area (Å²) in [5.74, 6) is 1.53. The zero-order valence-corrected chi connectivity index (χ0v) is 12.7. The summed E-state index contributed by atoms with van der Waals surface area (Å²) in [6.45, 7) is 14.0. The maximum atomic E-state index is 9.78. The first-order valence-corrected chi connectivity index (χ1v) is 7.52. The van der Waals surface area contributed by atoms with Crippen LogP contribution in [-0.4, -0.2) is 48.3 Å². The third-order valence-electron chi connectivity index (χ3n) is 3.63. The van der Waals surface area contributed by atoms with Gasteiger partial charge in [0.2, 0.25) is 0 Å². The van der Waals surface area contributed by atoms with Gasteiger partial charge in [0.25, 0.3) is 0 Å². The molecule has 0 spiro atoms. The van der Waals surface area contributed by atoms with Gasteiger partial charge in [-0.15, -0.1) is 0 Å². The Kier molecular flexibility index (Phi) is 6.61.